The van der Waals surface area contributed by atoms with Crippen LogP contribution in [0.15, 0.2) is 12.4 Å². The summed E-state index contributed by atoms with van der Waals surface area (Å²) in [4.78, 5) is 2.40. The fourth-order valence-corrected chi connectivity index (χ4v) is 2.32. The average Bonchev–Trinajstić information content (AvgIpc) is 2.77. The van der Waals surface area contributed by atoms with Gasteiger partial charge in [-0.25, -0.2) is 0 Å². The van der Waals surface area contributed by atoms with Crippen molar-refractivity contribution in [2.75, 3.05) is 18.9 Å². The Bertz CT molecular complexity index is 324. The van der Waals surface area contributed by atoms with Gasteiger partial charge in [0.05, 0.1) is 11.9 Å². The van der Waals surface area contributed by atoms with Gasteiger partial charge in [-0.05, 0) is 26.8 Å². The molecule has 0 amide bonds. The van der Waals surface area contributed by atoms with Crippen LogP contribution in [0.25, 0.3) is 0 Å². The number of anilines is 1. The number of rotatable bonds is 4. The first kappa shape index (κ1) is 11.5. The summed E-state index contributed by atoms with van der Waals surface area (Å²) in [7, 11) is 2.19. The zero-order chi connectivity index (χ0) is 11.5. The first-order valence-corrected chi connectivity index (χ1v) is 6.18. The zero-order valence-corrected chi connectivity index (χ0v) is 10.5. The summed E-state index contributed by atoms with van der Waals surface area (Å²) in [6.07, 6.45) is 6.38. The van der Waals surface area contributed by atoms with Gasteiger partial charge in [-0.15, -0.1) is 0 Å². The van der Waals surface area contributed by atoms with E-state index in [0.717, 1.165) is 25.2 Å². The van der Waals surface area contributed by atoms with Crippen LogP contribution in [0.1, 0.15) is 26.7 Å². The second-order valence-electron chi connectivity index (χ2n) is 4.86. The Morgan fingerprint density at radius 1 is 1.56 bits per heavy atom. The molecule has 0 spiro atoms. The van der Waals surface area contributed by atoms with Crippen molar-refractivity contribution in [1.29, 1.82) is 0 Å². The third-order valence-electron chi connectivity index (χ3n) is 3.34. The number of nitrogens with one attached hydrogen (secondary N) is 1. The molecule has 4 nitrogen and oxygen atoms in total. The van der Waals surface area contributed by atoms with Crippen LogP contribution in [-0.2, 0) is 6.54 Å². The van der Waals surface area contributed by atoms with Gasteiger partial charge in [0, 0.05) is 31.4 Å². The van der Waals surface area contributed by atoms with E-state index < -0.39 is 0 Å². The molecule has 1 fully saturated rings. The molecule has 90 valence electrons. The highest BCUT2D eigenvalue weighted by atomic mass is 15.3. The van der Waals surface area contributed by atoms with E-state index in [1.807, 2.05) is 10.9 Å². The number of nitrogens with zero attached hydrogens (tertiary/aromatic N) is 3. The second-order valence-corrected chi connectivity index (χ2v) is 4.86. The lowest BCUT2D eigenvalue weighted by molar-refractivity contribution is 0.330. The maximum Gasteiger partial charge on any atom is 0.0729 e. The summed E-state index contributed by atoms with van der Waals surface area (Å²) >= 11 is 0. The van der Waals surface area contributed by atoms with Crippen molar-refractivity contribution in [3.8, 4) is 0 Å². The maximum atomic E-state index is 4.33. The van der Waals surface area contributed by atoms with Crippen molar-refractivity contribution in [2.45, 2.75) is 45.3 Å². The number of hydrogen-bond acceptors (Lipinski definition) is 3. The highest BCUT2D eigenvalue weighted by Gasteiger charge is 2.25. The van der Waals surface area contributed by atoms with Crippen LogP contribution >= 0.6 is 0 Å². The molecule has 0 bridgehead atoms. The smallest absolute Gasteiger partial charge is 0.0729 e. The van der Waals surface area contributed by atoms with Crippen LogP contribution in [0, 0.1) is 0 Å². The molecule has 1 aromatic heterocycles. The van der Waals surface area contributed by atoms with Gasteiger partial charge in [0.2, 0.25) is 0 Å². The van der Waals surface area contributed by atoms with Crippen molar-refractivity contribution in [2.24, 2.45) is 0 Å². The lowest BCUT2D eigenvalue weighted by Gasteiger charge is -2.13. The number of likely N-dealkylation sites (tertiary alicyclic amines) is 1. The minimum Gasteiger partial charge on any atom is -0.378 e. The molecular weight excluding hydrogens is 200 g/mol. The first-order chi connectivity index (χ1) is 7.69. The molecule has 2 rings (SSSR count). The largest absolute Gasteiger partial charge is 0.378 e. The summed E-state index contributed by atoms with van der Waals surface area (Å²) in [6, 6.07) is 1.25. The SMILES string of the molecule is CCCn1cc(NC2CC(C)N(C)C2)cn1. The molecule has 2 heterocycles. The molecule has 1 aliphatic heterocycles. The van der Waals surface area contributed by atoms with Crippen molar-refractivity contribution >= 4 is 5.69 Å². The number of aryl methyl sites for hydroxylation is 1. The van der Waals surface area contributed by atoms with Crippen LogP contribution in [0.3, 0.4) is 0 Å². The van der Waals surface area contributed by atoms with Crippen molar-refractivity contribution in [1.82, 2.24) is 14.7 Å². The van der Waals surface area contributed by atoms with Gasteiger partial charge in [-0.1, -0.05) is 6.92 Å². The predicted octanol–water partition coefficient (Wildman–Crippen LogP) is 1.80. The molecule has 0 radical (unpaired) electrons. The Balaban J connectivity index is 1.89. The Labute approximate surface area is 97.6 Å². The van der Waals surface area contributed by atoms with Crippen LogP contribution in [0.5, 0.6) is 0 Å². The van der Waals surface area contributed by atoms with E-state index >= 15 is 0 Å². The molecule has 0 saturated carbocycles. The Morgan fingerprint density at radius 3 is 3.00 bits per heavy atom. The van der Waals surface area contributed by atoms with Crippen molar-refractivity contribution in [3.05, 3.63) is 12.4 Å². The molecule has 1 aromatic rings. The Morgan fingerprint density at radius 2 is 2.38 bits per heavy atom. The van der Waals surface area contributed by atoms with Gasteiger partial charge in [0.15, 0.2) is 0 Å². The molecule has 2 atom stereocenters. The quantitative estimate of drug-likeness (QED) is 0.843. The molecule has 16 heavy (non-hydrogen) atoms. The van der Waals surface area contributed by atoms with E-state index in [2.05, 4.69) is 42.4 Å². The molecule has 2 unspecified atom stereocenters. The highest BCUT2D eigenvalue weighted by molar-refractivity contribution is 5.39. The van der Waals surface area contributed by atoms with Gasteiger partial charge in [0.1, 0.15) is 0 Å². The summed E-state index contributed by atoms with van der Waals surface area (Å²) in [5.41, 5.74) is 1.15. The van der Waals surface area contributed by atoms with Crippen LogP contribution in [0.4, 0.5) is 5.69 Å². The van der Waals surface area contributed by atoms with E-state index in [4.69, 9.17) is 0 Å². The van der Waals surface area contributed by atoms with Crippen molar-refractivity contribution < 1.29 is 0 Å². The lowest BCUT2D eigenvalue weighted by atomic mass is 10.2. The molecule has 1 saturated heterocycles. The van der Waals surface area contributed by atoms with Crippen LogP contribution in [-0.4, -0.2) is 40.4 Å². The minimum atomic E-state index is 0.569. The first-order valence-electron chi connectivity index (χ1n) is 6.18. The van der Waals surface area contributed by atoms with E-state index in [1.54, 1.807) is 0 Å². The van der Waals surface area contributed by atoms with Gasteiger partial charge in [0.25, 0.3) is 0 Å². The van der Waals surface area contributed by atoms with E-state index in [-0.39, 0.29) is 0 Å². The third-order valence-corrected chi connectivity index (χ3v) is 3.34. The van der Waals surface area contributed by atoms with E-state index in [0.29, 0.717) is 12.1 Å². The van der Waals surface area contributed by atoms with Gasteiger partial charge in [-0.3, -0.25) is 4.68 Å². The predicted molar refractivity (Wildman–Crippen MR) is 66.6 cm³/mol. The summed E-state index contributed by atoms with van der Waals surface area (Å²) in [5, 5.41) is 7.88. The molecule has 1 N–H and O–H groups in total. The number of hydrogen-bond donors (Lipinski definition) is 1. The molecular formula is C12H22N4. The second kappa shape index (κ2) is 4.87. The van der Waals surface area contributed by atoms with Gasteiger partial charge >= 0.3 is 0 Å². The topological polar surface area (TPSA) is 33.1 Å². The molecule has 1 aliphatic rings. The van der Waals surface area contributed by atoms with E-state index in [9.17, 15) is 0 Å². The Kier molecular flexibility index (Phi) is 3.49. The fourth-order valence-electron chi connectivity index (χ4n) is 2.32. The van der Waals surface area contributed by atoms with Crippen molar-refractivity contribution in [3.63, 3.8) is 0 Å². The minimum absolute atomic E-state index is 0.569. The van der Waals surface area contributed by atoms with Crippen LogP contribution < -0.4 is 5.32 Å². The van der Waals surface area contributed by atoms with Crippen LogP contribution in [0.2, 0.25) is 0 Å². The molecule has 0 aliphatic carbocycles. The normalized spacial score (nSPS) is 26.2. The van der Waals surface area contributed by atoms with Gasteiger partial charge < -0.3 is 10.2 Å². The maximum absolute atomic E-state index is 4.33. The fraction of sp³-hybridized carbons (Fsp3) is 0.750. The number of likely N-dealkylation sites (N-methyl/N-ethyl adjacent to an activating group) is 1. The summed E-state index contributed by atoms with van der Waals surface area (Å²) < 4.78 is 2.00. The third kappa shape index (κ3) is 2.55. The summed E-state index contributed by atoms with van der Waals surface area (Å²) in [5.74, 6) is 0. The highest BCUT2D eigenvalue weighted by Crippen LogP contribution is 2.19. The van der Waals surface area contributed by atoms with Gasteiger partial charge in [-0.2, -0.15) is 5.10 Å². The van der Waals surface area contributed by atoms with E-state index in [1.165, 1.54) is 6.42 Å². The standard InChI is InChI=1S/C12H22N4/c1-4-5-16-9-12(7-13-16)14-11-6-10(2)15(3)8-11/h7,9-11,14H,4-6,8H2,1-3H3. The zero-order valence-electron chi connectivity index (χ0n) is 10.5. The average molecular weight is 222 g/mol. The summed E-state index contributed by atoms with van der Waals surface area (Å²) in [6.45, 7) is 6.58. The lowest BCUT2D eigenvalue weighted by Crippen LogP contribution is -2.24. The number of aromatic nitrogens is 2. The molecule has 0 aromatic carbocycles. The monoisotopic (exact) mass is 222 g/mol. The Hall–Kier alpha value is -1.03. The molecule has 4 heteroatoms.